The van der Waals surface area contributed by atoms with Crippen LogP contribution in [0.15, 0.2) is 60.7 Å². The maximum atomic E-state index is 13.1. The molecule has 0 unspecified atom stereocenters. The standard InChI is InChI=1S/C32H48O4Si/c1-3-5-7-9-11-13-21-27-31(33)35-37(29-23-17-15-18-24-29,30-25-19-16-20-26-30)36-32(34)28-22-14-12-10-8-6-4-2/h15-20,23-26H,3-14,21-22,27-28H2,1-2H3. The van der Waals surface area contributed by atoms with Crippen LogP contribution in [0.3, 0.4) is 0 Å². The first-order valence-corrected chi connectivity index (χ1v) is 16.5. The molecule has 37 heavy (non-hydrogen) atoms. The van der Waals surface area contributed by atoms with Crippen molar-refractivity contribution in [2.45, 2.75) is 117 Å². The molecule has 0 atom stereocenters. The van der Waals surface area contributed by atoms with Gasteiger partial charge in [-0.3, -0.25) is 9.59 Å². The number of carbonyl (C=O) groups is 2. The van der Waals surface area contributed by atoms with E-state index in [0.29, 0.717) is 12.8 Å². The van der Waals surface area contributed by atoms with Crippen LogP contribution in [0, 0.1) is 0 Å². The largest absolute Gasteiger partial charge is 0.534 e. The summed E-state index contributed by atoms with van der Waals surface area (Å²) < 4.78 is 12.5. The Morgan fingerprint density at radius 2 is 0.838 bits per heavy atom. The molecule has 0 bridgehead atoms. The minimum Gasteiger partial charge on any atom is -0.478 e. The van der Waals surface area contributed by atoms with Crippen molar-refractivity contribution < 1.29 is 18.4 Å². The Hall–Kier alpha value is -2.40. The predicted molar refractivity (Wildman–Crippen MR) is 155 cm³/mol. The van der Waals surface area contributed by atoms with Gasteiger partial charge in [-0.15, -0.1) is 0 Å². The Labute approximate surface area is 226 Å². The second kappa shape index (κ2) is 18.8. The summed E-state index contributed by atoms with van der Waals surface area (Å²) in [7, 11) is -3.55. The maximum absolute atomic E-state index is 13.1. The van der Waals surface area contributed by atoms with E-state index in [-0.39, 0.29) is 11.9 Å². The van der Waals surface area contributed by atoms with Gasteiger partial charge in [-0.25, -0.2) is 0 Å². The maximum Gasteiger partial charge on any atom is 0.534 e. The SMILES string of the molecule is CCCCCCCCCC(=O)O[Si](OC(=O)CCCCCCCCC)(c1ccccc1)c1ccccc1. The summed E-state index contributed by atoms with van der Waals surface area (Å²) >= 11 is 0. The highest BCUT2D eigenvalue weighted by Crippen LogP contribution is 2.16. The lowest BCUT2D eigenvalue weighted by Gasteiger charge is -2.30. The van der Waals surface area contributed by atoms with Crippen LogP contribution in [0.2, 0.25) is 0 Å². The van der Waals surface area contributed by atoms with Gasteiger partial charge in [-0.2, -0.15) is 0 Å². The van der Waals surface area contributed by atoms with Crippen LogP contribution in [0.4, 0.5) is 0 Å². The zero-order chi connectivity index (χ0) is 26.6. The molecule has 0 aliphatic carbocycles. The molecule has 2 aromatic rings. The summed E-state index contributed by atoms with van der Waals surface area (Å²) in [4.78, 5) is 26.3. The normalized spacial score (nSPS) is 11.3. The van der Waals surface area contributed by atoms with Crippen molar-refractivity contribution in [1.82, 2.24) is 0 Å². The lowest BCUT2D eigenvalue weighted by molar-refractivity contribution is -0.140. The van der Waals surface area contributed by atoms with E-state index in [0.717, 1.165) is 48.9 Å². The molecule has 4 nitrogen and oxygen atoms in total. The smallest absolute Gasteiger partial charge is 0.478 e. The van der Waals surface area contributed by atoms with Gasteiger partial charge in [-0.1, -0.05) is 152 Å². The Morgan fingerprint density at radius 3 is 1.19 bits per heavy atom. The molecule has 2 rings (SSSR count). The lowest BCUT2D eigenvalue weighted by atomic mass is 10.1. The Morgan fingerprint density at radius 1 is 0.514 bits per heavy atom. The summed E-state index contributed by atoms with van der Waals surface area (Å²) in [5.74, 6) is -0.562. The zero-order valence-electron chi connectivity index (χ0n) is 23.2. The van der Waals surface area contributed by atoms with E-state index in [1.807, 2.05) is 60.7 Å². The monoisotopic (exact) mass is 524 g/mol. The molecule has 0 spiro atoms. The fourth-order valence-corrected chi connectivity index (χ4v) is 7.57. The fraction of sp³-hybridized carbons (Fsp3) is 0.562. The molecule has 0 aromatic heterocycles. The molecule has 0 aliphatic rings. The third-order valence-corrected chi connectivity index (χ3v) is 10.0. The van der Waals surface area contributed by atoms with Gasteiger partial charge >= 0.3 is 8.56 Å². The van der Waals surface area contributed by atoms with Crippen LogP contribution >= 0.6 is 0 Å². The van der Waals surface area contributed by atoms with Crippen molar-refractivity contribution in [3.05, 3.63) is 60.7 Å². The third kappa shape index (κ3) is 11.7. The van der Waals surface area contributed by atoms with Gasteiger partial charge in [0.05, 0.1) is 0 Å². The fourth-order valence-electron chi connectivity index (χ4n) is 4.61. The van der Waals surface area contributed by atoms with Crippen LogP contribution in [-0.2, 0) is 18.4 Å². The van der Waals surface area contributed by atoms with Crippen molar-refractivity contribution in [3.63, 3.8) is 0 Å². The summed E-state index contributed by atoms with van der Waals surface area (Å²) in [6, 6.07) is 19.2. The summed E-state index contributed by atoms with van der Waals surface area (Å²) in [5.41, 5.74) is 0. The highest BCUT2D eigenvalue weighted by molar-refractivity contribution is 6.94. The van der Waals surface area contributed by atoms with Crippen molar-refractivity contribution in [2.24, 2.45) is 0 Å². The Kier molecular flexibility index (Phi) is 15.6. The van der Waals surface area contributed by atoms with Crippen molar-refractivity contribution >= 4 is 30.9 Å². The number of hydrogen-bond donors (Lipinski definition) is 0. The molecule has 2 aromatic carbocycles. The molecule has 0 heterocycles. The highest BCUT2D eigenvalue weighted by atomic mass is 28.4. The van der Waals surface area contributed by atoms with E-state index in [9.17, 15) is 9.59 Å². The molecule has 0 saturated heterocycles. The van der Waals surface area contributed by atoms with E-state index in [4.69, 9.17) is 8.85 Å². The highest BCUT2D eigenvalue weighted by Gasteiger charge is 2.49. The van der Waals surface area contributed by atoms with Crippen molar-refractivity contribution in [3.8, 4) is 0 Å². The molecule has 0 aliphatic heterocycles. The number of benzene rings is 2. The van der Waals surface area contributed by atoms with E-state index in [2.05, 4.69) is 13.8 Å². The van der Waals surface area contributed by atoms with Gasteiger partial charge in [0.1, 0.15) is 0 Å². The molecule has 0 fully saturated rings. The number of unbranched alkanes of at least 4 members (excludes halogenated alkanes) is 12. The molecule has 204 valence electrons. The van der Waals surface area contributed by atoms with E-state index in [1.54, 1.807) is 0 Å². The number of rotatable bonds is 20. The van der Waals surface area contributed by atoms with Gasteiger partial charge in [-0.05, 0) is 12.8 Å². The molecule has 0 N–H and O–H groups in total. The summed E-state index contributed by atoms with van der Waals surface area (Å²) in [6.45, 7) is 4.43. The van der Waals surface area contributed by atoms with Gasteiger partial charge in [0.15, 0.2) is 0 Å². The van der Waals surface area contributed by atoms with Crippen molar-refractivity contribution in [1.29, 1.82) is 0 Å². The molecule has 0 radical (unpaired) electrons. The minimum absolute atomic E-state index is 0.281. The topological polar surface area (TPSA) is 52.6 Å². The van der Waals surface area contributed by atoms with Crippen LogP contribution < -0.4 is 10.4 Å². The molecule has 0 saturated carbocycles. The molecule has 0 amide bonds. The first-order chi connectivity index (χ1) is 18.1. The first-order valence-electron chi connectivity index (χ1n) is 14.7. The molecular weight excluding hydrogens is 476 g/mol. The van der Waals surface area contributed by atoms with Gasteiger partial charge in [0.2, 0.25) is 0 Å². The quantitative estimate of drug-likeness (QED) is 0.132. The average molecular weight is 525 g/mol. The van der Waals surface area contributed by atoms with Crippen LogP contribution in [0.1, 0.15) is 117 Å². The molecular formula is C32H48O4Si. The Bertz CT molecular complexity index is 795. The first kappa shape index (κ1) is 30.8. The van der Waals surface area contributed by atoms with Gasteiger partial charge in [0.25, 0.3) is 11.9 Å². The summed E-state index contributed by atoms with van der Waals surface area (Å²) in [5, 5.41) is 1.56. The molecule has 5 heteroatoms. The second-order valence-corrected chi connectivity index (χ2v) is 12.8. The van der Waals surface area contributed by atoms with Crippen LogP contribution in [0.25, 0.3) is 0 Å². The van der Waals surface area contributed by atoms with Gasteiger partial charge in [0, 0.05) is 23.2 Å². The van der Waals surface area contributed by atoms with E-state index < -0.39 is 8.56 Å². The lowest BCUT2D eigenvalue weighted by Crippen LogP contribution is -2.65. The second-order valence-electron chi connectivity index (χ2n) is 10.0. The average Bonchev–Trinajstić information content (AvgIpc) is 2.92. The van der Waals surface area contributed by atoms with Crippen LogP contribution in [0.5, 0.6) is 0 Å². The van der Waals surface area contributed by atoms with Crippen LogP contribution in [-0.4, -0.2) is 20.5 Å². The van der Waals surface area contributed by atoms with E-state index in [1.165, 1.54) is 51.4 Å². The summed E-state index contributed by atoms with van der Waals surface area (Å²) in [6.07, 6.45) is 16.5. The predicted octanol–water partition coefficient (Wildman–Crippen LogP) is 7.61. The van der Waals surface area contributed by atoms with E-state index >= 15 is 0 Å². The zero-order valence-corrected chi connectivity index (χ0v) is 24.2. The minimum atomic E-state index is -3.55. The number of carbonyl (C=O) groups excluding carboxylic acids is 2. The Balaban J connectivity index is 2.08. The van der Waals surface area contributed by atoms with Crippen molar-refractivity contribution in [2.75, 3.05) is 0 Å². The number of hydrogen-bond acceptors (Lipinski definition) is 4. The van der Waals surface area contributed by atoms with Gasteiger partial charge < -0.3 is 8.85 Å². The third-order valence-electron chi connectivity index (χ3n) is 6.79.